The van der Waals surface area contributed by atoms with Gasteiger partial charge in [0.05, 0.1) is 4.90 Å². The summed E-state index contributed by atoms with van der Waals surface area (Å²) in [4.78, 5) is 20.9. The third kappa shape index (κ3) is 5.25. The Morgan fingerprint density at radius 3 is 2.20 bits per heavy atom. The predicted molar refractivity (Wildman–Crippen MR) is 98.1 cm³/mol. The molecule has 1 aromatic heterocycles. The van der Waals surface area contributed by atoms with Crippen LogP contribution in [0.4, 0.5) is 5.69 Å². The van der Waals surface area contributed by atoms with Crippen LogP contribution in [0.25, 0.3) is 0 Å². The van der Waals surface area contributed by atoms with Gasteiger partial charge in [-0.2, -0.15) is 0 Å². The van der Waals surface area contributed by atoms with Gasteiger partial charge in [-0.15, -0.1) is 0 Å². The number of nitrogens with two attached hydrogens (primary N) is 1. The highest BCUT2D eigenvalue weighted by Crippen LogP contribution is 2.18. The SMILES string of the molecule is CSc1nc(C)c(CCC(=O)Nc2ccc(S(N)(=O)=O)cc2)c(C)n1. The van der Waals surface area contributed by atoms with Crippen LogP contribution < -0.4 is 10.5 Å². The monoisotopic (exact) mass is 380 g/mol. The van der Waals surface area contributed by atoms with Crippen molar-refractivity contribution >= 4 is 33.4 Å². The maximum absolute atomic E-state index is 12.1. The zero-order valence-electron chi connectivity index (χ0n) is 14.2. The topological polar surface area (TPSA) is 115 Å². The Bertz CT molecular complexity index is 858. The van der Waals surface area contributed by atoms with Crippen LogP contribution in [0.15, 0.2) is 34.3 Å². The van der Waals surface area contributed by atoms with Crippen molar-refractivity contribution in [3.63, 3.8) is 0 Å². The summed E-state index contributed by atoms with van der Waals surface area (Å²) >= 11 is 1.48. The number of thioether (sulfide) groups is 1. The lowest BCUT2D eigenvalue weighted by Gasteiger charge is -2.10. The van der Waals surface area contributed by atoms with Crippen LogP contribution in [0.5, 0.6) is 0 Å². The molecule has 0 fully saturated rings. The van der Waals surface area contributed by atoms with Crippen molar-refractivity contribution in [3.05, 3.63) is 41.2 Å². The summed E-state index contributed by atoms with van der Waals surface area (Å²) in [6.07, 6.45) is 2.73. The van der Waals surface area contributed by atoms with Crippen LogP contribution >= 0.6 is 11.8 Å². The van der Waals surface area contributed by atoms with E-state index in [-0.39, 0.29) is 17.2 Å². The Morgan fingerprint density at radius 1 is 1.16 bits per heavy atom. The summed E-state index contributed by atoms with van der Waals surface area (Å²) in [7, 11) is -3.74. The number of hydrogen-bond acceptors (Lipinski definition) is 6. The lowest BCUT2D eigenvalue weighted by molar-refractivity contribution is -0.116. The molecule has 0 radical (unpaired) electrons. The van der Waals surface area contributed by atoms with Crippen LogP contribution in [0.2, 0.25) is 0 Å². The van der Waals surface area contributed by atoms with Gasteiger partial charge in [0.2, 0.25) is 15.9 Å². The molecule has 9 heteroatoms. The van der Waals surface area contributed by atoms with Crippen molar-refractivity contribution in [2.75, 3.05) is 11.6 Å². The molecule has 0 bridgehead atoms. The number of carbonyl (C=O) groups is 1. The molecular formula is C16H20N4O3S2. The molecule has 2 aromatic rings. The highest BCUT2D eigenvalue weighted by molar-refractivity contribution is 7.98. The third-order valence-electron chi connectivity index (χ3n) is 3.65. The Kier molecular flexibility index (Phi) is 6.15. The summed E-state index contributed by atoms with van der Waals surface area (Å²) in [6, 6.07) is 5.72. The van der Waals surface area contributed by atoms with Crippen molar-refractivity contribution in [1.29, 1.82) is 0 Å². The fourth-order valence-electron chi connectivity index (χ4n) is 2.35. The number of aryl methyl sites for hydroxylation is 2. The second-order valence-corrected chi connectivity index (χ2v) is 7.81. The first-order valence-corrected chi connectivity index (χ1v) is 10.3. The van der Waals surface area contributed by atoms with E-state index in [2.05, 4.69) is 15.3 Å². The number of primary sulfonamides is 1. The van der Waals surface area contributed by atoms with E-state index in [4.69, 9.17) is 5.14 Å². The second kappa shape index (κ2) is 7.94. The van der Waals surface area contributed by atoms with Crippen LogP contribution in [-0.4, -0.2) is 30.5 Å². The summed E-state index contributed by atoms with van der Waals surface area (Å²) in [5.41, 5.74) is 3.24. The van der Waals surface area contributed by atoms with E-state index in [0.29, 0.717) is 12.1 Å². The van der Waals surface area contributed by atoms with E-state index in [1.54, 1.807) is 0 Å². The fraction of sp³-hybridized carbons (Fsp3) is 0.312. The van der Waals surface area contributed by atoms with Crippen molar-refractivity contribution in [2.24, 2.45) is 5.14 Å². The van der Waals surface area contributed by atoms with Crippen LogP contribution in [0, 0.1) is 13.8 Å². The quantitative estimate of drug-likeness (QED) is 0.585. The molecule has 0 spiro atoms. The van der Waals surface area contributed by atoms with Gasteiger partial charge in [0.25, 0.3) is 0 Å². The molecule has 0 unspecified atom stereocenters. The average molecular weight is 380 g/mol. The van der Waals surface area contributed by atoms with E-state index in [1.165, 1.54) is 36.0 Å². The van der Waals surface area contributed by atoms with E-state index >= 15 is 0 Å². The zero-order chi connectivity index (χ0) is 18.6. The van der Waals surface area contributed by atoms with Gasteiger partial charge in [0, 0.05) is 23.5 Å². The van der Waals surface area contributed by atoms with Crippen molar-refractivity contribution in [3.8, 4) is 0 Å². The number of anilines is 1. The molecule has 25 heavy (non-hydrogen) atoms. The summed E-state index contributed by atoms with van der Waals surface area (Å²) in [6.45, 7) is 3.82. The predicted octanol–water partition coefficient (Wildman–Crippen LogP) is 2.03. The Morgan fingerprint density at radius 2 is 1.72 bits per heavy atom. The fourth-order valence-corrected chi connectivity index (χ4v) is 3.32. The van der Waals surface area contributed by atoms with Gasteiger partial charge in [-0.05, 0) is 56.4 Å². The number of rotatable bonds is 6. The van der Waals surface area contributed by atoms with Crippen LogP contribution in [0.3, 0.4) is 0 Å². The molecule has 0 saturated carbocycles. The van der Waals surface area contributed by atoms with E-state index in [9.17, 15) is 13.2 Å². The molecule has 0 aliphatic rings. The van der Waals surface area contributed by atoms with E-state index in [1.807, 2.05) is 20.1 Å². The number of amides is 1. The molecule has 0 aliphatic carbocycles. The van der Waals surface area contributed by atoms with Gasteiger partial charge >= 0.3 is 0 Å². The maximum atomic E-state index is 12.1. The molecule has 134 valence electrons. The largest absolute Gasteiger partial charge is 0.326 e. The number of nitrogens with zero attached hydrogens (tertiary/aromatic N) is 2. The number of benzene rings is 1. The minimum Gasteiger partial charge on any atom is -0.326 e. The maximum Gasteiger partial charge on any atom is 0.238 e. The standard InChI is InChI=1S/C16H20N4O3S2/c1-10-14(11(2)19-16(18-10)24-3)8-9-15(21)20-12-4-6-13(7-5-12)25(17,22)23/h4-7H,8-9H2,1-3H3,(H,20,21)(H2,17,22,23). The normalized spacial score (nSPS) is 11.4. The average Bonchev–Trinajstić information content (AvgIpc) is 2.53. The molecule has 1 amide bonds. The first-order valence-electron chi connectivity index (χ1n) is 7.51. The Hall–Kier alpha value is -1.97. The lowest BCUT2D eigenvalue weighted by atomic mass is 10.1. The molecule has 0 aliphatic heterocycles. The summed E-state index contributed by atoms with van der Waals surface area (Å²) in [5, 5.41) is 8.49. The van der Waals surface area contributed by atoms with Crippen molar-refractivity contribution < 1.29 is 13.2 Å². The van der Waals surface area contributed by atoms with Gasteiger partial charge in [-0.1, -0.05) is 11.8 Å². The molecule has 0 saturated heterocycles. The number of carbonyl (C=O) groups excluding carboxylic acids is 1. The minimum atomic E-state index is -3.74. The first-order chi connectivity index (χ1) is 11.7. The summed E-state index contributed by atoms with van der Waals surface area (Å²) < 4.78 is 22.4. The summed E-state index contributed by atoms with van der Waals surface area (Å²) in [5.74, 6) is -0.170. The van der Waals surface area contributed by atoms with Gasteiger partial charge < -0.3 is 5.32 Å². The van der Waals surface area contributed by atoms with Crippen molar-refractivity contribution in [2.45, 2.75) is 36.7 Å². The highest BCUT2D eigenvalue weighted by Gasteiger charge is 2.11. The van der Waals surface area contributed by atoms with Crippen LogP contribution in [0.1, 0.15) is 23.4 Å². The molecule has 0 atom stereocenters. The molecule has 2 rings (SSSR count). The Balaban J connectivity index is 2.00. The number of hydrogen-bond donors (Lipinski definition) is 2. The highest BCUT2D eigenvalue weighted by atomic mass is 32.2. The molecule has 1 heterocycles. The van der Waals surface area contributed by atoms with Gasteiger partial charge in [0.1, 0.15) is 0 Å². The zero-order valence-corrected chi connectivity index (χ0v) is 15.9. The van der Waals surface area contributed by atoms with Gasteiger partial charge in [0.15, 0.2) is 5.16 Å². The van der Waals surface area contributed by atoms with Gasteiger partial charge in [-0.25, -0.2) is 23.5 Å². The third-order valence-corrected chi connectivity index (χ3v) is 5.13. The number of aromatic nitrogens is 2. The molecule has 7 nitrogen and oxygen atoms in total. The second-order valence-electron chi connectivity index (χ2n) is 5.48. The number of sulfonamides is 1. The smallest absolute Gasteiger partial charge is 0.238 e. The number of nitrogens with one attached hydrogen (secondary N) is 1. The first kappa shape index (κ1) is 19.4. The van der Waals surface area contributed by atoms with E-state index < -0.39 is 10.0 Å². The van der Waals surface area contributed by atoms with E-state index in [0.717, 1.165) is 22.1 Å². The van der Waals surface area contributed by atoms with Crippen LogP contribution in [-0.2, 0) is 21.2 Å². The molecule has 3 N–H and O–H groups in total. The minimum absolute atomic E-state index is 0.00258. The lowest BCUT2D eigenvalue weighted by Crippen LogP contribution is -2.15. The Labute approximate surface area is 151 Å². The molecular weight excluding hydrogens is 360 g/mol. The van der Waals surface area contributed by atoms with Crippen molar-refractivity contribution in [1.82, 2.24) is 9.97 Å². The molecule has 1 aromatic carbocycles. The van der Waals surface area contributed by atoms with Gasteiger partial charge in [-0.3, -0.25) is 4.79 Å².